The molecule has 108 valence electrons. The van der Waals surface area contributed by atoms with Crippen LogP contribution in [0.15, 0.2) is 0 Å². The van der Waals surface area contributed by atoms with E-state index in [9.17, 15) is 5.11 Å². The van der Waals surface area contributed by atoms with Crippen LogP contribution in [-0.4, -0.2) is 59.8 Å². The summed E-state index contributed by atoms with van der Waals surface area (Å²) in [5, 5.41) is 13.3. The predicted molar refractivity (Wildman–Crippen MR) is 81.3 cm³/mol. The Bertz CT molecular complexity index is 214. The van der Waals surface area contributed by atoms with E-state index in [1.54, 1.807) is 11.8 Å². The van der Waals surface area contributed by atoms with Crippen molar-refractivity contribution in [1.82, 2.24) is 10.2 Å². The topological polar surface area (TPSA) is 35.5 Å². The van der Waals surface area contributed by atoms with Gasteiger partial charge in [0, 0.05) is 23.9 Å². The van der Waals surface area contributed by atoms with Crippen molar-refractivity contribution in [2.75, 3.05) is 32.5 Å². The van der Waals surface area contributed by atoms with Gasteiger partial charge in [0.25, 0.3) is 0 Å². The van der Waals surface area contributed by atoms with E-state index in [4.69, 9.17) is 0 Å². The van der Waals surface area contributed by atoms with Gasteiger partial charge in [0.1, 0.15) is 0 Å². The van der Waals surface area contributed by atoms with Gasteiger partial charge in [-0.2, -0.15) is 11.8 Å². The number of aliphatic hydroxyl groups excluding tert-OH is 1. The average Bonchev–Trinajstić information content (AvgIpc) is 2.32. The average molecular weight is 274 g/mol. The summed E-state index contributed by atoms with van der Waals surface area (Å²) >= 11 is 1.75. The zero-order valence-corrected chi connectivity index (χ0v) is 13.2. The number of likely N-dealkylation sites (tertiary alicyclic amines) is 1. The first-order valence-corrected chi connectivity index (χ1v) is 8.47. The maximum Gasteiger partial charge on any atom is 0.0564 e. The van der Waals surface area contributed by atoms with Crippen LogP contribution in [0, 0.1) is 5.92 Å². The molecule has 0 amide bonds. The molecular weight excluding hydrogens is 244 g/mol. The van der Waals surface area contributed by atoms with Crippen LogP contribution in [0.5, 0.6) is 0 Å². The zero-order chi connectivity index (χ0) is 13.5. The number of piperidine rings is 1. The molecule has 0 radical (unpaired) electrons. The highest BCUT2D eigenvalue weighted by Crippen LogP contribution is 2.16. The molecule has 1 aliphatic rings. The fourth-order valence-corrected chi connectivity index (χ4v) is 3.35. The monoisotopic (exact) mass is 274 g/mol. The van der Waals surface area contributed by atoms with Gasteiger partial charge in [-0.3, -0.25) is 0 Å². The van der Waals surface area contributed by atoms with E-state index in [1.165, 1.54) is 32.5 Å². The standard InChI is InChI=1S/C14H30N2OS/c1-11(2)9-16-7-5-13(6-8-16)15-12(3)14(10-17)18-4/h11-15,17H,5-10H2,1-4H3. The molecule has 1 fully saturated rings. The second-order valence-corrected chi connectivity index (χ2v) is 6.96. The van der Waals surface area contributed by atoms with Gasteiger partial charge in [-0.05, 0) is 45.0 Å². The number of nitrogens with zero attached hydrogens (tertiary/aromatic N) is 1. The molecular formula is C14H30N2OS. The zero-order valence-electron chi connectivity index (χ0n) is 12.4. The molecule has 0 aromatic rings. The molecule has 0 aliphatic carbocycles. The number of rotatable bonds is 7. The molecule has 0 bridgehead atoms. The van der Waals surface area contributed by atoms with Crippen LogP contribution < -0.4 is 5.32 Å². The van der Waals surface area contributed by atoms with E-state index in [-0.39, 0.29) is 6.61 Å². The first kappa shape index (κ1) is 16.3. The molecule has 1 heterocycles. The van der Waals surface area contributed by atoms with Crippen LogP contribution in [-0.2, 0) is 0 Å². The number of hydrogen-bond donors (Lipinski definition) is 2. The van der Waals surface area contributed by atoms with Crippen molar-refractivity contribution in [2.24, 2.45) is 5.92 Å². The summed E-state index contributed by atoms with van der Waals surface area (Å²) in [6, 6.07) is 1.02. The molecule has 0 saturated carbocycles. The van der Waals surface area contributed by atoms with Crippen LogP contribution in [0.3, 0.4) is 0 Å². The van der Waals surface area contributed by atoms with Gasteiger partial charge in [0.05, 0.1) is 6.61 Å². The molecule has 0 spiro atoms. The molecule has 0 aromatic carbocycles. The molecule has 2 N–H and O–H groups in total. The Labute approximate surface area is 117 Å². The lowest BCUT2D eigenvalue weighted by atomic mass is 10.0. The second-order valence-electron chi connectivity index (χ2n) is 5.88. The second kappa shape index (κ2) is 8.41. The number of thioether (sulfide) groups is 1. The van der Waals surface area contributed by atoms with E-state index in [0.29, 0.717) is 17.3 Å². The van der Waals surface area contributed by atoms with E-state index in [2.05, 4.69) is 37.2 Å². The lowest BCUT2D eigenvalue weighted by Gasteiger charge is -2.35. The van der Waals surface area contributed by atoms with Crippen molar-refractivity contribution in [3.05, 3.63) is 0 Å². The number of hydrogen-bond acceptors (Lipinski definition) is 4. The molecule has 2 unspecified atom stereocenters. The van der Waals surface area contributed by atoms with Crippen molar-refractivity contribution >= 4 is 11.8 Å². The SMILES string of the molecule is CSC(CO)C(C)NC1CCN(CC(C)C)CC1. The third kappa shape index (κ3) is 5.47. The van der Waals surface area contributed by atoms with Crippen LogP contribution in [0.2, 0.25) is 0 Å². The van der Waals surface area contributed by atoms with E-state index in [0.717, 1.165) is 5.92 Å². The fraction of sp³-hybridized carbons (Fsp3) is 1.00. The first-order chi connectivity index (χ1) is 8.56. The van der Waals surface area contributed by atoms with E-state index >= 15 is 0 Å². The highest BCUT2D eigenvalue weighted by Gasteiger charge is 2.23. The van der Waals surface area contributed by atoms with Crippen molar-refractivity contribution in [3.8, 4) is 0 Å². The van der Waals surface area contributed by atoms with E-state index < -0.39 is 0 Å². The summed E-state index contributed by atoms with van der Waals surface area (Å²) < 4.78 is 0. The van der Waals surface area contributed by atoms with Crippen molar-refractivity contribution in [3.63, 3.8) is 0 Å². The maximum absolute atomic E-state index is 9.30. The lowest BCUT2D eigenvalue weighted by Crippen LogP contribution is -2.49. The Morgan fingerprint density at radius 3 is 2.33 bits per heavy atom. The first-order valence-electron chi connectivity index (χ1n) is 7.18. The Balaban J connectivity index is 2.26. The van der Waals surface area contributed by atoms with Gasteiger partial charge in [0.15, 0.2) is 0 Å². The Kier molecular flexibility index (Phi) is 7.61. The summed E-state index contributed by atoms with van der Waals surface area (Å²) in [7, 11) is 0. The predicted octanol–water partition coefficient (Wildman–Crippen LogP) is 1.81. The third-order valence-corrected chi connectivity index (χ3v) is 4.91. The molecule has 4 heteroatoms. The summed E-state index contributed by atoms with van der Waals surface area (Å²) in [5.74, 6) is 0.767. The Morgan fingerprint density at radius 1 is 1.28 bits per heavy atom. The molecule has 2 atom stereocenters. The highest BCUT2D eigenvalue weighted by atomic mass is 32.2. The Morgan fingerprint density at radius 2 is 1.89 bits per heavy atom. The molecule has 1 rings (SSSR count). The third-order valence-electron chi connectivity index (χ3n) is 3.75. The lowest BCUT2D eigenvalue weighted by molar-refractivity contribution is 0.172. The number of aliphatic hydroxyl groups is 1. The molecule has 18 heavy (non-hydrogen) atoms. The molecule has 3 nitrogen and oxygen atoms in total. The normalized spacial score (nSPS) is 22.3. The van der Waals surface area contributed by atoms with Crippen molar-refractivity contribution in [1.29, 1.82) is 0 Å². The molecule has 0 aromatic heterocycles. The molecule has 1 saturated heterocycles. The highest BCUT2D eigenvalue weighted by molar-refractivity contribution is 7.99. The maximum atomic E-state index is 9.30. The minimum Gasteiger partial charge on any atom is -0.395 e. The van der Waals surface area contributed by atoms with Gasteiger partial charge in [-0.15, -0.1) is 0 Å². The van der Waals surface area contributed by atoms with Gasteiger partial charge in [-0.1, -0.05) is 13.8 Å². The van der Waals surface area contributed by atoms with Crippen LogP contribution >= 0.6 is 11.8 Å². The summed E-state index contributed by atoms with van der Waals surface area (Å²) in [6.45, 7) is 10.7. The van der Waals surface area contributed by atoms with Gasteiger partial charge in [0.2, 0.25) is 0 Å². The summed E-state index contributed by atoms with van der Waals surface area (Å²) in [6.07, 6.45) is 4.55. The van der Waals surface area contributed by atoms with Crippen LogP contribution in [0.4, 0.5) is 0 Å². The smallest absolute Gasteiger partial charge is 0.0564 e. The largest absolute Gasteiger partial charge is 0.395 e. The quantitative estimate of drug-likeness (QED) is 0.742. The van der Waals surface area contributed by atoms with Crippen LogP contribution in [0.25, 0.3) is 0 Å². The summed E-state index contributed by atoms with van der Waals surface area (Å²) in [4.78, 5) is 2.58. The van der Waals surface area contributed by atoms with Crippen molar-refractivity contribution < 1.29 is 5.11 Å². The van der Waals surface area contributed by atoms with Crippen LogP contribution in [0.1, 0.15) is 33.6 Å². The molecule has 1 aliphatic heterocycles. The van der Waals surface area contributed by atoms with E-state index in [1.807, 2.05) is 0 Å². The van der Waals surface area contributed by atoms with Gasteiger partial charge < -0.3 is 15.3 Å². The minimum atomic E-state index is 0.265. The number of nitrogens with one attached hydrogen (secondary N) is 1. The van der Waals surface area contributed by atoms with Crippen molar-refractivity contribution in [2.45, 2.75) is 50.9 Å². The van der Waals surface area contributed by atoms with Gasteiger partial charge in [-0.25, -0.2) is 0 Å². The minimum absolute atomic E-state index is 0.265. The fourth-order valence-electron chi connectivity index (χ4n) is 2.71. The summed E-state index contributed by atoms with van der Waals surface area (Å²) in [5.41, 5.74) is 0. The van der Waals surface area contributed by atoms with Gasteiger partial charge >= 0.3 is 0 Å². The Hall–Kier alpha value is 0.230.